The van der Waals surface area contributed by atoms with Crippen molar-refractivity contribution in [3.63, 3.8) is 0 Å². The third-order valence-corrected chi connectivity index (χ3v) is 3.18. The Hall–Kier alpha value is -3.22. The average Bonchev–Trinajstić information content (AvgIpc) is 2.95. The summed E-state index contributed by atoms with van der Waals surface area (Å²) in [4.78, 5) is 20.4. The minimum Gasteiger partial charge on any atom is -0.360 e. The molecule has 23 heavy (non-hydrogen) atoms. The van der Waals surface area contributed by atoms with Crippen molar-refractivity contribution in [2.24, 2.45) is 0 Å². The molecule has 2 heterocycles. The molecule has 0 bridgehead atoms. The zero-order valence-electron chi connectivity index (χ0n) is 12.7. The van der Waals surface area contributed by atoms with Crippen molar-refractivity contribution in [3.05, 3.63) is 59.7 Å². The topological polar surface area (TPSA) is 92.9 Å². The standard InChI is InChI=1S/C16H15N5O2/c1-10-5-3-4-6-12(10)19-16(22)13-8-14(18-9-17-13)20-15-7-11(2)23-21-15/h3-9H,1-2H3,(H,19,22)(H,17,18,20,21). The fourth-order valence-corrected chi connectivity index (χ4v) is 2.01. The van der Waals surface area contributed by atoms with Gasteiger partial charge in [-0.15, -0.1) is 0 Å². The lowest BCUT2D eigenvalue weighted by Gasteiger charge is -2.08. The summed E-state index contributed by atoms with van der Waals surface area (Å²) in [6, 6.07) is 10.8. The Kier molecular flexibility index (Phi) is 4.01. The molecule has 0 aliphatic rings. The Morgan fingerprint density at radius 2 is 1.91 bits per heavy atom. The molecule has 3 aromatic rings. The van der Waals surface area contributed by atoms with Crippen LogP contribution in [0.4, 0.5) is 17.3 Å². The second kappa shape index (κ2) is 6.27. The number of nitrogens with zero attached hydrogens (tertiary/aromatic N) is 3. The predicted octanol–water partition coefficient (Wildman–Crippen LogP) is 3.08. The first-order chi connectivity index (χ1) is 11.1. The molecular formula is C16H15N5O2. The van der Waals surface area contributed by atoms with E-state index in [0.29, 0.717) is 17.4 Å². The zero-order chi connectivity index (χ0) is 16.2. The molecule has 0 aliphatic heterocycles. The Morgan fingerprint density at radius 1 is 1.09 bits per heavy atom. The van der Waals surface area contributed by atoms with Crippen molar-refractivity contribution in [2.75, 3.05) is 10.6 Å². The third-order valence-electron chi connectivity index (χ3n) is 3.18. The van der Waals surface area contributed by atoms with Crippen LogP contribution >= 0.6 is 0 Å². The van der Waals surface area contributed by atoms with E-state index >= 15 is 0 Å². The van der Waals surface area contributed by atoms with E-state index in [1.54, 1.807) is 19.1 Å². The summed E-state index contributed by atoms with van der Waals surface area (Å²) >= 11 is 0. The molecule has 1 amide bonds. The van der Waals surface area contributed by atoms with Gasteiger partial charge < -0.3 is 15.2 Å². The largest absolute Gasteiger partial charge is 0.360 e. The van der Waals surface area contributed by atoms with Gasteiger partial charge in [-0.1, -0.05) is 23.4 Å². The maximum absolute atomic E-state index is 12.3. The molecule has 1 aromatic carbocycles. The van der Waals surface area contributed by atoms with Gasteiger partial charge >= 0.3 is 0 Å². The van der Waals surface area contributed by atoms with E-state index in [0.717, 1.165) is 11.3 Å². The Morgan fingerprint density at radius 3 is 2.65 bits per heavy atom. The molecule has 2 N–H and O–H groups in total. The van der Waals surface area contributed by atoms with Gasteiger partial charge in [0.1, 0.15) is 23.6 Å². The number of carbonyl (C=O) groups excluding carboxylic acids is 1. The molecule has 0 fully saturated rings. The number of aromatic nitrogens is 3. The minimum atomic E-state index is -0.305. The highest BCUT2D eigenvalue weighted by Gasteiger charge is 2.11. The molecule has 7 heteroatoms. The van der Waals surface area contributed by atoms with Crippen molar-refractivity contribution < 1.29 is 9.32 Å². The number of benzene rings is 1. The Labute approximate surface area is 132 Å². The van der Waals surface area contributed by atoms with Crippen LogP contribution in [0.3, 0.4) is 0 Å². The number of para-hydroxylation sites is 1. The highest BCUT2D eigenvalue weighted by molar-refractivity contribution is 6.03. The maximum atomic E-state index is 12.3. The van der Waals surface area contributed by atoms with Crippen LogP contribution in [0.1, 0.15) is 21.8 Å². The number of hydrogen-bond acceptors (Lipinski definition) is 6. The SMILES string of the molecule is Cc1cc(Nc2cc(C(=O)Nc3ccccc3C)ncn2)no1. The molecule has 0 spiro atoms. The normalized spacial score (nSPS) is 10.3. The summed E-state index contributed by atoms with van der Waals surface area (Å²) < 4.78 is 4.97. The van der Waals surface area contributed by atoms with Gasteiger partial charge in [0, 0.05) is 17.8 Å². The van der Waals surface area contributed by atoms with E-state index in [2.05, 4.69) is 25.8 Å². The lowest BCUT2D eigenvalue weighted by molar-refractivity contribution is 0.102. The van der Waals surface area contributed by atoms with E-state index in [4.69, 9.17) is 4.52 Å². The summed E-state index contributed by atoms with van der Waals surface area (Å²) in [5.74, 6) is 1.36. The number of rotatable bonds is 4. The molecule has 0 saturated carbocycles. The average molecular weight is 309 g/mol. The molecule has 0 radical (unpaired) electrons. The van der Waals surface area contributed by atoms with Crippen molar-refractivity contribution in [1.29, 1.82) is 0 Å². The van der Waals surface area contributed by atoms with Gasteiger partial charge in [0.25, 0.3) is 5.91 Å². The van der Waals surface area contributed by atoms with Crippen LogP contribution in [0, 0.1) is 13.8 Å². The molecule has 0 aliphatic carbocycles. The van der Waals surface area contributed by atoms with Gasteiger partial charge in [-0.3, -0.25) is 4.79 Å². The first-order valence-electron chi connectivity index (χ1n) is 7.01. The molecule has 0 saturated heterocycles. The van der Waals surface area contributed by atoms with E-state index in [-0.39, 0.29) is 11.6 Å². The Bertz CT molecular complexity index is 844. The quantitative estimate of drug-likeness (QED) is 0.769. The van der Waals surface area contributed by atoms with Crippen molar-refractivity contribution in [1.82, 2.24) is 15.1 Å². The van der Waals surface area contributed by atoms with Crippen LogP contribution in [-0.2, 0) is 0 Å². The first-order valence-corrected chi connectivity index (χ1v) is 7.01. The third kappa shape index (κ3) is 3.52. The van der Waals surface area contributed by atoms with Gasteiger partial charge in [-0.25, -0.2) is 9.97 Å². The Balaban J connectivity index is 1.76. The second-order valence-electron chi connectivity index (χ2n) is 5.01. The lowest BCUT2D eigenvalue weighted by Crippen LogP contribution is -2.15. The van der Waals surface area contributed by atoms with E-state index < -0.39 is 0 Å². The van der Waals surface area contributed by atoms with Crippen molar-refractivity contribution in [2.45, 2.75) is 13.8 Å². The van der Waals surface area contributed by atoms with Crippen LogP contribution in [-0.4, -0.2) is 21.0 Å². The molecule has 3 rings (SSSR count). The first kappa shape index (κ1) is 14.7. The fourth-order valence-electron chi connectivity index (χ4n) is 2.01. The summed E-state index contributed by atoms with van der Waals surface area (Å²) in [6.45, 7) is 3.72. The predicted molar refractivity (Wildman–Crippen MR) is 85.7 cm³/mol. The van der Waals surface area contributed by atoms with Crippen LogP contribution in [0.15, 0.2) is 47.2 Å². The fraction of sp³-hybridized carbons (Fsp3) is 0.125. The number of carbonyl (C=O) groups is 1. The lowest BCUT2D eigenvalue weighted by atomic mass is 10.2. The van der Waals surface area contributed by atoms with Crippen LogP contribution in [0.2, 0.25) is 0 Å². The molecule has 0 atom stereocenters. The van der Waals surface area contributed by atoms with Crippen molar-refractivity contribution >= 4 is 23.2 Å². The summed E-state index contributed by atoms with van der Waals surface area (Å²) in [5.41, 5.74) is 1.98. The number of nitrogens with one attached hydrogen (secondary N) is 2. The number of amides is 1. The van der Waals surface area contributed by atoms with Crippen molar-refractivity contribution in [3.8, 4) is 0 Å². The van der Waals surface area contributed by atoms with E-state index in [9.17, 15) is 4.79 Å². The zero-order valence-corrected chi connectivity index (χ0v) is 12.7. The molecule has 2 aromatic heterocycles. The highest BCUT2D eigenvalue weighted by atomic mass is 16.5. The summed E-state index contributed by atoms with van der Waals surface area (Å²) in [5, 5.41) is 9.61. The van der Waals surface area contributed by atoms with Gasteiger partial charge in [0.2, 0.25) is 0 Å². The van der Waals surface area contributed by atoms with E-state index in [1.807, 2.05) is 31.2 Å². The van der Waals surface area contributed by atoms with Crippen LogP contribution in [0.5, 0.6) is 0 Å². The monoisotopic (exact) mass is 309 g/mol. The van der Waals surface area contributed by atoms with Crippen LogP contribution < -0.4 is 10.6 Å². The molecule has 0 unspecified atom stereocenters. The highest BCUT2D eigenvalue weighted by Crippen LogP contribution is 2.16. The second-order valence-corrected chi connectivity index (χ2v) is 5.01. The summed E-state index contributed by atoms with van der Waals surface area (Å²) in [6.07, 6.45) is 1.32. The minimum absolute atomic E-state index is 0.256. The number of hydrogen-bond donors (Lipinski definition) is 2. The molecule has 116 valence electrons. The number of aryl methyl sites for hydroxylation is 2. The van der Waals surface area contributed by atoms with Gasteiger partial charge in [0.05, 0.1) is 0 Å². The number of anilines is 3. The van der Waals surface area contributed by atoms with E-state index in [1.165, 1.54) is 6.33 Å². The van der Waals surface area contributed by atoms with Gasteiger partial charge in [-0.05, 0) is 25.5 Å². The summed E-state index contributed by atoms with van der Waals surface area (Å²) in [7, 11) is 0. The maximum Gasteiger partial charge on any atom is 0.274 e. The van der Waals surface area contributed by atoms with Crippen LogP contribution in [0.25, 0.3) is 0 Å². The molecule has 7 nitrogen and oxygen atoms in total. The van der Waals surface area contributed by atoms with Gasteiger partial charge in [0.15, 0.2) is 5.82 Å². The molecular weight excluding hydrogens is 294 g/mol. The smallest absolute Gasteiger partial charge is 0.274 e. The van der Waals surface area contributed by atoms with Gasteiger partial charge in [-0.2, -0.15) is 0 Å².